The fourth-order valence-corrected chi connectivity index (χ4v) is 4.46. The van der Waals surface area contributed by atoms with Crippen LogP contribution >= 0.6 is 0 Å². The maximum absolute atomic E-state index is 12.1. The Kier molecular flexibility index (Phi) is 6.36. The van der Waals surface area contributed by atoms with E-state index in [9.17, 15) is 19.5 Å². The SMILES string of the molecule is Nc1cc(NC2CC2)n2ncc(C=O)c2n1.O=C(Nc1cc(=NC2CC2)n2ncc(=Cc3[nH]c(=O)[nH]c3O)c2n1)C1CC1. The van der Waals surface area contributed by atoms with Gasteiger partial charge in [-0.25, -0.2) is 14.8 Å². The first-order valence-corrected chi connectivity index (χ1v) is 14.0. The van der Waals surface area contributed by atoms with Crippen molar-refractivity contribution in [2.24, 2.45) is 10.9 Å². The van der Waals surface area contributed by atoms with Gasteiger partial charge in [0.2, 0.25) is 11.8 Å². The molecule has 16 heteroatoms. The average Bonchev–Trinajstić information content (AvgIpc) is 3.90. The summed E-state index contributed by atoms with van der Waals surface area (Å²) in [7, 11) is 0. The van der Waals surface area contributed by atoms with Crippen molar-refractivity contribution in [1.82, 2.24) is 39.2 Å². The van der Waals surface area contributed by atoms with Crippen molar-refractivity contribution in [3.63, 3.8) is 0 Å². The lowest BCUT2D eigenvalue weighted by Gasteiger charge is -2.07. The van der Waals surface area contributed by atoms with E-state index in [4.69, 9.17) is 5.73 Å². The van der Waals surface area contributed by atoms with Gasteiger partial charge in [0, 0.05) is 29.3 Å². The molecule has 0 atom stereocenters. The Labute approximate surface area is 241 Å². The minimum atomic E-state index is -0.509. The molecule has 43 heavy (non-hydrogen) atoms. The van der Waals surface area contributed by atoms with Gasteiger partial charge in [-0.3, -0.25) is 19.6 Å². The lowest BCUT2D eigenvalue weighted by molar-refractivity contribution is -0.117. The Morgan fingerprint density at radius 3 is 2.51 bits per heavy atom. The van der Waals surface area contributed by atoms with Crippen molar-refractivity contribution in [2.75, 3.05) is 16.4 Å². The van der Waals surface area contributed by atoms with Crippen LogP contribution in [0.25, 0.3) is 17.4 Å². The molecule has 0 unspecified atom stereocenters. The van der Waals surface area contributed by atoms with E-state index in [0.717, 1.165) is 50.6 Å². The summed E-state index contributed by atoms with van der Waals surface area (Å²) in [5, 5.41) is 25.0. The molecular weight excluding hydrogens is 556 g/mol. The Morgan fingerprint density at radius 1 is 1.05 bits per heavy atom. The number of amides is 1. The van der Waals surface area contributed by atoms with Gasteiger partial charge in [-0.2, -0.15) is 19.2 Å². The molecule has 0 aromatic carbocycles. The molecular formula is C27H28N12O4. The van der Waals surface area contributed by atoms with Crippen molar-refractivity contribution in [3.05, 3.63) is 57.0 Å². The van der Waals surface area contributed by atoms with Gasteiger partial charge in [-0.1, -0.05) is 0 Å². The summed E-state index contributed by atoms with van der Waals surface area (Å²) in [5.41, 5.74) is 7.45. The first-order valence-electron chi connectivity index (χ1n) is 14.0. The first-order chi connectivity index (χ1) is 20.8. The number of aromatic nitrogens is 8. The summed E-state index contributed by atoms with van der Waals surface area (Å²) in [6, 6.07) is 4.21. The number of carbonyl (C=O) groups excluding carboxylic acids is 2. The van der Waals surface area contributed by atoms with E-state index in [1.165, 1.54) is 6.20 Å². The van der Waals surface area contributed by atoms with Gasteiger partial charge in [0.05, 0.1) is 24.0 Å². The molecule has 8 rings (SSSR count). The fourth-order valence-electron chi connectivity index (χ4n) is 4.46. The maximum Gasteiger partial charge on any atom is 0.326 e. The molecule has 7 N–H and O–H groups in total. The Morgan fingerprint density at radius 2 is 1.84 bits per heavy atom. The third kappa shape index (κ3) is 5.66. The molecule has 0 radical (unpaired) electrons. The Bertz CT molecular complexity index is 2060. The number of hydrogen-bond acceptors (Lipinski definition) is 11. The highest BCUT2D eigenvalue weighted by atomic mass is 16.3. The monoisotopic (exact) mass is 584 g/mol. The fraction of sp³-hybridized carbons (Fsp3) is 0.333. The van der Waals surface area contributed by atoms with Gasteiger partial charge in [0.1, 0.15) is 23.1 Å². The Balaban J connectivity index is 0.000000160. The molecule has 3 aliphatic carbocycles. The number of anilines is 3. The van der Waals surface area contributed by atoms with Crippen molar-refractivity contribution < 1.29 is 14.7 Å². The standard InChI is InChI=1S/C17H17N7O3.C10H11N5O/c25-15(8-1-2-8)22-12-6-13(19-10-3-4-10)24-14(21-12)9(7-18-24)5-11-16(26)23-17(27)20-11;11-8-3-9(13-7-1-2-7)15-10(14-8)6(5-16)4-12-15/h5-8,10,26H,1-4H2,(H,22,25)(H2,20,23,27);3-5,7,13H,1-2H2,(H2,11,14). The second-order valence-electron chi connectivity index (χ2n) is 10.9. The molecule has 5 heterocycles. The molecule has 0 saturated heterocycles. The summed E-state index contributed by atoms with van der Waals surface area (Å²) in [4.78, 5) is 52.3. The zero-order valence-corrected chi connectivity index (χ0v) is 22.8. The van der Waals surface area contributed by atoms with Crippen molar-refractivity contribution >= 4 is 47.0 Å². The molecule has 16 nitrogen and oxygen atoms in total. The number of aldehydes is 1. The van der Waals surface area contributed by atoms with E-state index in [2.05, 4.69) is 45.8 Å². The largest absolute Gasteiger partial charge is 0.493 e. The number of nitrogen functional groups attached to an aromatic ring is 1. The third-order valence-corrected chi connectivity index (χ3v) is 7.15. The summed E-state index contributed by atoms with van der Waals surface area (Å²) in [6.45, 7) is 0. The van der Waals surface area contributed by atoms with E-state index < -0.39 is 5.69 Å². The van der Waals surface area contributed by atoms with Crippen LogP contribution in [-0.2, 0) is 4.79 Å². The number of nitrogens with zero attached hydrogens (tertiary/aromatic N) is 7. The van der Waals surface area contributed by atoms with Crippen molar-refractivity contribution in [1.29, 1.82) is 0 Å². The lowest BCUT2D eigenvalue weighted by atomic mass is 10.3. The minimum Gasteiger partial charge on any atom is -0.493 e. The summed E-state index contributed by atoms with van der Waals surface area (Å²) in [5.74, 6) is 1.35. The highest BCUT2D eigenvalue weighted by molar-refractivity contribution is 5.93. The van der Waals surface area contributed by atoms with Crippen LogP contribution in [0.3, 0.4) is 0 Å². The van der Waals surface area contributed by atoms with Crippen LogP contribution in [0.5, 0.6) is 5.88 Å². The zero-order valence-electron chi connectivity index (χ0n) is 22.8. The van der Waals surface area contributed by atoms with E-state index >= 15 is 0 Å². The van der Waals surface area contributed by atoms with Gasteiger partial charge < -0.3 is 26.5 Å². The number of rotatable bonds is 7. The van der Waals surface area contributed by atoms with Crippen LogP contribution in [-0.4, -0.2) is 68.5 Å². The molecule has 3 fully saturated rings. The third-order valence-electron chi connectivity index (χ3n) is 7.15. The molecule has 0 bridgehead atoms. The maximum atomic E-state index is 12.1. The number of nitrogens with one attached hydrogen (secondary N) is 4. The number of aromatic amines is 2. The van der Waals surface area contributed by atoms with Crippen LogP contribution < -0.4 is 32.8 Å². The number of carbonyl (C=O) groups is 2. The number of H-pyrrole nitrogens is 2. The summed E-state index contributed by atoms with van der Waals surface area (Å²) >= 11 is 0. The van der Waals surface area contributed by atoms with Crippen molar-refractivity contribution in [3.8, 4) is 5.88 Å². The number of nitrogens with two attached hydrogens (primary N) is 1. The van der Waals surface area contributed by atoms with Crippen LogP contribution in [0, 0.1) is 5.92 Å². The zero-order chi connectivity index (χ0) is 29.7. The van der Waals surface area contributed by atoms with Crippen LogP contribution in [0.4, 0.5) is 17.5 Å². The molecule has 220 valence electrons. The van der Waals surface area contributed by atoms with Crippen LogP contribution in [0.1, 0.15) is 54.6 Å². The predicted octanol–water partition coefficient (Wildman–Crippen LogP) is 0.109. The Hall–Kier alpha value is -5.54. The summed E-state index contributed by atoms with van der Waals surface area (Å²) < 4.78 is 3.21. The molecule has 0 spiro atoms. The second kappa shape index (κ2) is 10.4. The highest BCUT2D eigenvalue weighted by Crippen LogP contribution is 2.30. The quantitative estimate of drug-likeness (QED) is 0.142. The van der Waals surface area contributed by atoms with E-state index in [1.807, 2.05) is 0 Å². The molecule has 5 aromatic heterocycles. The molecule has 3 aliphatic rings. The molecule has 5 aromatic rings. The van der Waals surface area contributed by atoms with E-state index in [0.29, 0.717) is 45.2 Å². The molecule has 0 aliphatic heterocycles. The van der Waals surface area contributed by atoms with E-state index in [-0.39, 0.29) is 29.4 Å². The number of hydrogen-bond donors (Lipinski definition) is 6. The van der Waals surface area contributed by atoms with Gasteiger partial charge >= 0.3 is 5.69 Å². The topological polar surface area (TPSA) is 226 Å². The van der Waals surface area contributed by atoms with Gasteiger partial charge in [0.25, 0.3) is 0 Å². The van der Waals surface area contributed by atoms with Gasteiger partial charge in [-0.05, 0) is 44.6 Å². The van der Waals surface area contributed by atoms with Gasteiger partial charge in [-0.15, -0.1) is 0 Å². The van der Waals surface area contributed by atoms with E-state index in [1.54, 1.807) is 33.4 Å². The van der Waals surface area contributed by atoms with Crippen LogP contribution in [0.15, 0.2) is 34.3 Å². The van der Waals surface area contributed by atoms with Crippen molar-refractivity contribution in [2.45, 2.75) is 50.6 Å². The highest BCUT2D eigenvalue weighted by Gasteiger charge is 2.30. The average molecular weight is 585 g/mol. The predicted molar refractivity (Wildman–Crippen MR) is 154 cm³/mol. The second-order valence-corrected chi connectivity index (χ2v) is 10.9. The van der Waals surface area contributed by atoms with Gasteiger partial charge in [0.15, 0.2) is 23.1 Å². The smallest absolute Gasteiger partial charge is 0.326 e. The number of aromatic hydroxyl groups is 1. The summed E-state index contributed by atoms with van der Waals surface area (Å²) in [6.07, 6.45) is 11.6. The minimum absolute atomic E-state index is 0.0399. The molecule has 1 amide bonds. The normalized spacial score (nSPS) is 17.2. The first kappa shape index (κ1) is 26.4. The van der Waals surface area contributed by atoms with Crippen LogP contribution in [0.2, 0.25) is 0 Å². The lowest BCUT2D eigenvalue weighted by Crippen LogP contribution is -2.22. The number of imidazole rings is 1. The number of fused-ring (bicyclic) bond motifs is 2. The molecule has 3 saturated carbocycles.